The van der Waals surface area contributed by atoms with Crippen molar-refractivity contribution >= 4 is 5.78 Å². The summed E-state index contributed by atoms with van der Waals surface area (Å²) >= 11 is 0. The van der Waals surface area contributed by atoms with Gasteiger partial charge in [-0.15, -0.1) is 0 Å². The SMILES string of the molecule is COc1cccc(CC(=O)CC(N)CC(C)(C)C)c1F. The summed E-state index contributed by atoms with van der Waals surface area (Å²) < 4.78 is 18.8. The summed E-state index contributed by atoms with van der Waals surface area (Å²) in [7, 11) is 1.41. The van der Waals surface area contributed by atoms with E-state index in [1.807, 2.05) is 0 Å². The predicted octanol–water partition coefficient (Wildman–Crippen LogP) is 3.10. The maximum Gasteiger partial charge on any atom is 0.168 e. The second-order valence-electron chi connectivity index (χ2n) is 6.38. The van der Waals surface area contributed by atoms with Gasteiger partial charge in [-0.25, -0.2) is 4.39 Å². The topological polar surface area (TPSA) is 52.3 Å². The minimum Gasteiger partial charge on any atom is -0.494 e. The smallest absolute Gasteiger partial charge is 0.168 e. The molecule has 0 aliphatic rings. The molecule has 0 heterocycles. The first-order chi connectivity index (χ1) is 9.23. The zero-order chi connectivity index (χ0) is 15.3. The van der Waals surface area contributed by atoms with E-state index in [1.165, 1.54) is 13.2 Å². The number of carbonyl (C=O) groups is 1. The van der Waals surface area contributed by atoms with E-state index in [4.69, 9.17) is 10.5 Å². The van der Waals surface area contributed by atoms with Crippen LogP contribution in [0.3, 0.4) is 0 Å². The van der Waals surface area contributed by atoms with Crippen LogP contribution in [0.4, 0.5) is 4.39 Å². The van der Waals surface area contributed by atoms with E-state index >= 15 is 0 Å². The van der Waals surface area contributed by atoms with Gasteiger partial charge in [-0.1, -0.05) is 32.9 Å². The lowest BCUT2D eigenvalue weighted by Crippen LogP contribution is -2.29. The van der Waals surface area contributed by atoms with Gasteiger partial charge in [0.25, 0.3) is 0 Å². The summed E-state index contributed by atoms with van der Waals surface area (Å²) in [6, 6.07) is 4.63. The standard InChI is InChI=1S/C16H24FNO2/c1-16(2,3)10-12(18)9-13(19)8-11-6-5-7-14(20-4)15(11)17/h5-7,12H,8-10,18H2,1-4H3. The summed E-state index contributed by atoms with van der Waals surface area (Å²) in [6.07, 6.45) is 1.09. The average Bonchev–Trinajstić information content (AvgIpc) is 2.29. The Morgan fingerprint density at radius 3 is 2.60 bits per heavy atom. The van der Waals surface area contributed by atoms with Crippen LogP contribution in [0.5, 0.6) is 5.75 Å². The normalized spacial score (nSPS) is 13.1. The van der Waals surface area contributed by atoms with Crippen molar-refractivity contribution < 1.29 is 13.9 Å². The third-order valence-electron chi connectivity index (χ3n) is 3.02. The van der Waals surface area contributed by atoms with Gasteiger partial charge < -0.3 is 10.5 Å². The second-order valence-corrected chi connectivity index (χ2v) is 6.38. The fourth-order valence-electron chi connectivity index (χ4n) is 2.29. The van der Waals surface area contributed by atoms with E-state index in [2.05, 4.69) is 20.8 Å². The molecule has 1 aromatic rings. The first kappa shape index (κ1) is 16.6. The van der Waals surface area contributed by atoms with Crippen molar-refractivity contribution in [2.75, 3.05) is 7.11 Å². The Kier molecular flexibility index (Phi) is 5.69. The fraction of sp³-hybridized carbons (Fsp3) is 0.562. The number of benzene rings is 1. The Bertz CT molecular complexity index is 466. The number of methoxy groups -OCH3 is 1. The number of halogens is 1. The number of hydrogen-bond donors (Lipinski definition) is 1. The molecule has 0 bridgehead atoms. The summed E-state index contributed by atoms with van der Waals surface area (Å²) in [4.78, 5) is 12.0. The molecule has 3 nitrogen and oxygen atoms in total. The highest BCUT2D eigenvalue weighted by molar-refractivity contribution is 5.81. The van der Waals surface area contributed by atoms with Crippen LogP contribution in [0, 0.1) is 11.2 Å². The molecule has 0 saturated heterocycles. The van der Waals surface area contributed by atoms with Crippen LogP contribution in [-0.4, -0.2) is 18.9 Å². The molecule has 0 radical (unpaired) electrons. The fourth-order valence-corrected chi connectivity index (χ4v) is 2.29. The predicted molar refractivity (Wildman–Crippen MR) is 78.3 cm³/mol. The van der Waals surface area contributed by atoms with Gasteiger partial charge in [-0.3, -0.25) is 4.79 Å². The molecule has 20 heavy (non-hydrogen) atoms. The minimum absolute atomic E-state index is 0.0473. The Morgan fingerprint density at radius 1 is 1.40 bits per heavy atom. The van der Waals surface area contributed by atoms with Gasteiger partial charge in [0, 0.05) is 18.9 Å². The lowest BCUT2D eigenvalue weighted by atomic mass is 9.86. The van der Waals surface area contributed by atoms with Crippen molar-refractivity contribution in [2.45, 2.75) is 46.1 Å². The summed E-state index contributed by atoms with van der Waals surface area (Å²) in [5.41, 5.74) is 6.41. The Morgan fingerprint density at radius 2 is 2.05 bits per heavy atom. The lowest BCUT2D eigenvalue weighted by molar-refractivity contribution is -0.118. The number of ketones is 1. The van der Waals surface area contributed by atoms with Gasteiger partial charge in [0.1, 0.15) is 5.78 Å². The van der Waals surface area contributed by atoms with E-state index in [9.17, 15) is 9.18 Å². The molecule has 1 atom stereocenters. The molecule has 0 saturated carbocycles. The number of hydrogen-bond acceptors (Lipinski definition) is 3. The molecule has 1 unspecified atom stereocenters. The Hall–Kier alpha value is -1.42. The van der Waals surface area contributed by atoms with Crippen LogP contribution in [0.15, 0.2) is 18.2 Å². The second kappa shape index (κ2) is 6.84. The van der Waals surface area contributed by atoms with Crippen molar-refractivity contribution in [3.05, 3.63) is 29.6 Å². The molecule has 4 heteroatoms. The highest BCUT2D eigenvalue weighted by Crippen LogP contribution is 2.23. The van der Waals surface area contributed by atoms with Crippen molar-refractivity contribution in [1.29, 1.82) is 0 Å². The number of ether oxygens (including phenoxy) is 1. The average molecular weight is 281 g/mol. The largest absolute Gasteiger partial charge is 0.494 e. The molecule has 0 amide bonds. The minimum atomic E-state index is -0.465. The highest BCUT2D eigenvalue weighted by atomic mass is 19.1. The number of nitrogens with two attached hydrogens (primary N) is 1. The molecule has 112 valence electrons. The van der Waals surface area contributed by atoms with E-state index in [-0.39, 0.29) is 35.8 Å². The summed E-state index contributed by atoms with van der Waals surface area (Å²) in [5, 5.41) is 0. The van der Waals surface area contributed by atoms with E-state index in [0.29, 0.717) is 5.56 Å². The maximum atomic E-state index is 13.9. The molecule has 0 fully saturated rings. The summed E-state index contributed by atoms with van der Waals surface area (Å²) in [5.74, 6) is -0.351. The van der Waals surface area contributed by atoms with E-state index in [1.54, 1.807) is 12.1 Å². The molecule has 0 aromatic heterocycles. The van der Waals surface area contributed by atoms with Crippen molar-refractivity contribution in [3.63, 3.8) is 0 Å². The lowest BCUT2D eigenvalue weighted by Gasteiger charge is -2.22. The van der Waals surface area contributed by atoms with Crippen molar-refractivity contribution in [2.24, 2.45) is 11.1 Å². The zero-order valence-electron chi connectivity index (χ0n) is 12.7. The molecule has 2 N–H and O–H groups in total. The first-order valence-corrected chi connectivity index (χ1v) is 6.81. The third-order valence-corrected chi connectivity index (χ3v) is 3.02. The van der Waals surface area contributed by atoms with Crippen LogP contribution in [-0.2, 0) is 11.2 Å². The summed E-state index contributed by atoms with van der Waals surface area (Å²) in [6.45, 7) is 6.25. The molecular formula is C16H24FNO2. The molecular weight excluding hydrogens is 257 g/mol. The van der Waals surface area contributed by atoms with Crippen LogP contribution in [0.1, 0.15) is 39.2 Å². The quantitative estimate of drug-likeness (QED) is 0.871. The molecule has 1 aromatic carbocycles. The maximum absolute atomic E-state index is 13.9. The van der Waals surface area contributed by atoms with Gasteiger partial charge >= 0.3 is 0 Å². The van der Waals surface area contributed by atoms with Gasteiger partial charge in [-0.05, 0) is 23.5 Å². The molecule has 0 aliphatic heterocycles. The van der Waals surface area contributed by atoms with Gasteiger partial charge in [0.15, 0.2) is 11.6 Å². The van der Waals surface area contributed by atoms with Crippen LogP contribution >= 0.6 is 0 Å². The van der Waals surface area contributed by atoms with Crippen LogP contribution < -0.4 is 10.5 Å². The number of carbonyl (C=O) groups excluding carboxylic acids is 1. The number of rotatable bonds is 6. The van der Waals surface area contributed by atoms with Crippen LogP contribution in [0.2, 0.25) is 0 Å². The number of Topliss-reactive ketones (excluding diaryl/α,β-unsaturated/α-hetero) is 1. The zero-order valence-corrected chi connectivity index (χ0v) is 12.7. The molecule has 0 aliphatic carbocycles. The van der Waals surface area contributed by atoms with Crippen molar-refractivity contribution in [1.82, 2.24) is 0 Å². The monoisotopic (exact) mass is 281 g/mol. The van der Waals surface area contributed by atoms with Gasteiger partial charge in [0.2, 0.25) is 0 Å². The van der Waals surface area contributed by atoms with Crippen LogP contribution in [0.25, 0.3) is 0 Å². The molecule has 1 rings (SSSR count). The Balaban J connectivity index is 2.63. The van der Waals surface area contributed by atoms with Gasteiger partial charge in [-0.2, -0.15) is 0 Å². The first-order valence-electron chi connectivity index (χ1n) is 6.81. The molecule has 0 spiro atoms. The van der Waals surface area contributed by atoms with E-state index in [0.717, 1.165) is 6.42 Å². The van der Waals surface area contributed by atoms with Crippen molar-refractivity contribution in [3.8, 4) is 5.75 Å². The highest BCUT2D eigenvalue weighted by Gasteiger charge is 2.19. The van der Waals surface area contributed by atoms with Gasteiger partial charge in [0.05, 0.1) is 7.11 Å². The van der Waals surface area contributed by atoms with E-state index < -0.39 is 5.82 Å². The Labute approximate surface area is 120 Å². The third kappa shape index (κ3) is 5.29.